The summed E-state index contributed by atoms with van der Waals surface area (Å²) in [7, 11) is 0. The summed E-state index contributed by atoms with van der Waals surface area (Å²) in [6, 6.07) is 4.01. The fourth-order valence-electron chi connectivity index (χ4n) is 4.15. The smallest absolute Gasteiger partial charge is 0.228 e. The summed E-state index contributed by atoms with van der Waals surface area (Å²) < 4.78 is 0. The minimum Gasteiger partial charge on any atom is -0.346 e. The zero-order chi connectivity index (χ0) is 19.5. The monoisotopic (exact) mass is 378 g/mol. The summed E-state index contributed by atoms with van der Waals surface area (Å²) in [4.78, 5) is 34.7. The summed E-state index contributed by atoms with van der Waals surface area (Å²) in [6.07, 6.45) is 8.00. The molecule has 2 N–H and O–H groups in total. The Balaban J connectivity index is 1.46. The Morgan fingerprint density at radius 2 is 2.11 bits per heavy atom. The van der Waals surface area contributed by atoms with Crippen LogP contribution in [0.4, 0.5) is 5.82 Å². The van der Waals surface area contributed by atoms with Crippen LogP contribution in [0.15, 0.2) is 24.4 Å². The Morgan fingerprint density at radius 3 is 2.79 bits per heavy atom. The van der Waals surface area contributed by atoms with Crippen LogP contribution in [-0.4, -0.2) is 39.8 Å². The van der Waals surface area contributed by atoms with Gasteiger partial charge in [0.15, 0.2) is 0 Å². The second kappa shape index (κ2) is 6.19. The van der Waals surface area contributed by atoms with E-state index in [1.54, 1.807) is 0 Å². The van der Waals surface area contributed by atoms with Crippen molar-refractivity contribution >= 4 is 34.2 Å². The minimum atomic E-state index is -0.129. The molecule has 3 heterocycles. The fraction of sp³-hybridized carbons (Fsp3) is 0.500. The molecule has 2 amide bonds. The van der Waals surface area contributed by atoms with Crippen LogP contribution in [0.2, 0.25) is 0 Å². The summed E-state index contributed by atoms with van der Waals surface area (Å²) in [5, 5.41) is 4.03. The molecule has 2 aromatic rings. The molecule has 6 nitrogen and oxygen atoms in total. The number of aromatic nitrogens is 2. The van der Waals surface area contributed by atoms with Crippen LogP contribution in [0.3, 0.4) is 0 Å². The maximum absolute atomic E-state index is 12.7. The molecule has 0 aromatic carbocycles. The molecule has 6 heteroatoms. The van der Waals surface area contributed by atoms with Crippen molar-refractivity contribution in [2.24, 2.45) is 17.3 Å². The van der Waals surface area contributed by atoms with E-state index in [1.165, 1.54) is 5.57 Å². The molecule has 28 heavy (non-hydrogen) atoms. The van der Waals surface area contributed by atoms with Gasteiger partial charge in [0.2, 0.25) is 11.8 Å². The van der Waals surface area contributed by atoms with Gasteiger partial charge in [-0.1, -0.05) is 19.9 Å². The van der Waals surface area contributed by atoms with Gasteiger partial charge in [0, 0.05) is 36.0 Å². The lowest BCUT2D eigenvalue weighted by Crippen LogP contribution is -2.41. The molecular weight excluding hydrogens is 352 g/mol. The Labute approximate surface area is 164 Å². The number of nitrogens with one attached hydrogen (secondary N) is 2. The molecule has 0 spiro atoms. The van der Waals surface area contributed by atoms with E-state index >= 15 is 0 Å². The second-order valence-corrected chi connectivity index (χ2v) is 8.89. The van der Waals surface area contributed by atoms with Crippen LogP contribution >= 0.6 is 0 Å². The number of pyridine rings is 1. The van der Waals surface area contributed by atoms with Crippen molar-refractivity contribution in [1.29, 1.82) is 0 Å². The molecular formula is C22H26N4O2. The maximum atomic E-state index is 12.7. The zero-order valence-corrected chi connectivity index (χ0v) is 16.4. The molecule has 2 saturated carbocycles. The molecule has 0 radical (unpaired) electrons. The summed E-state index contributed by atoms with van der Waals surface area (Å²) in [5.41, 5.74) is 2.96. The molecule has 1 aliphatic heterocycles. The van der Waals surface area contributed by atoms with Crippen LogP contribution in [-0.2, 0) is 9.59 Å². The number of rotatable bonds is 4. The topological polar surface area (TPSA) is 78.1 Å². The Bertz CT molecular complexity index is 997. The average molecular weight is 378 g/mol. The van der Waals surface area contributed by atoms with Crippen LogP contribution in [0.5, 0.6) is 0 Å². The van der Waals surface area contributed by atoms with E-state index in [2.05, 4.69) is 35.2 Å². The molecule has 0 bridgehead atoms. The minimum absolute atomic E-state index is 0.0597. The number of anilines is 1. The summed E-state index contributed by atoms with van der Waals surface area (Å²) in [6.45, 7) is 5.62. The lowest BCUT2D eigenvalue weighted by atomic mass is 9.88. The number of amides is 2. The number of aromatic amines is 1. The van der Waals surface area contributed by atoms with Crippen molar-refractivity contribution in [3.8, 4) is 0 Å². The lowest BCUT2D eigenvalue weighted by Gasteiger charge is -2.33. The lowest BCUT2D eigenvalue weighted by molar-refractivity contribution is -0.136. The number of carbonyl (C=O) groups excluding carboxylic acids is 2. The first-order valence-corrected chi connectivity index (χ1v) is 10.2. The van der Waals surface area contributed by atoms with Crippen molar-refractivity contribution < 1.29 is 9.59 Å². The third-order valence-corrected chi connectivity index (χ3v) is 6.40. The highest BCUT2D eigenvalue weighted by molar-refractivity contribution is 5.97. The van der Waals surface area contributed by atoms with Gasteiger partial charge in [0.25, 0.3) is 0 Å². The number of carbonyl (C=O) groups is 2. The standard InChI is InChI=1S/C22H26N4O2/c1-13-12-26(21(28)22(2)7-8-22)10-6-15(13)17-11-18(25-20(27)14-3-4-14)24-19-16(17)5-9-23-19/h5-6,9,11,13-14H,3-4,7-8,10,12H2,1-2H3,(H2,23,24,25,27). The molecule has 1 unspecified atom stereocenters. The van der Waals surface area contributed by atoms with Gasteiger partial charge in [0.1, 0.15) is 11.5 Å². The predicted octanol–water partition coefficient (Wildman–Crippen LogP) is 3.57. The molecule has 2 aliphatic carbocycles. The second-order valence-electron chi connectivity index (χ2n) is 8.89. The van der Waals surface area contributed by atoms with Crippen LogP contribution in [0, 0.1) is 17.3 Å². The first kappa shape index (κ1) is 17.5. The van der Waals surface area contributed by atoms with Crippen molar-refractivity contribution in [3.63, 3.8) is 0 Å². The van der Waals surface area contributed by atoms with Gasteiger partial charge < -0.3 is 15.2 Å². The summed E-state index contributed by atoms with van der Waals surface area (Å²) >= 11 is 0. The molecule has 146 valence electrons. The van der Waals surface area contributed by atoms with Crippen molar-refractivity contribution in [2.45, 2.75) is 39.5 Å². The quantitative estimate of drug-likeness (QED) is 0.854. The third-order valence-electron chi connectivity index (χ3n) is 6.40. The molecule has 2 fully saturated rings. The highest BCUT2D eigenvalue weighted by Gasteiger charge is 2.47. The first-order valence-electron chi connectivity index (χ1n) is 10.2. The first-order chi connectivity index (χ1) is 13.4. The van der Waals surface area contributed by atoms with Crippen molar-refractivity contribution in [1.82, 2.24) is 14.9 Å². The van der Waals surface area contributed by atoms with E-state index in [0.717, 1.165) is 48.8 Å². The van der Waals surface area contributed by atoms with E-state index in [9.17, 15) is 9.59 Å². The fourth-order valence-corrected chi connectivity index (χ4v) is 4.15. The number of H-pyrrole nitrogens is 1. The third kappa shape index (κ3) is 3.01. The Morgan fingerprint density at radius 1 is 1.32 bits per heavy atom. The maximum Gasteiger partial charge on any atom is 0.228 e. The zero-order valence-electron chi connectivity index (χ0n) is 16.4. The number of nitrogens with zero attached hydrogens (tertiary/aromatic N) is 2. The Kier molecular flexibility index (Phi) is 3.86. The highest BCUT2D eigenvalue weighted by atomic mass is 16.2. The Hall–Kier alpha value is -2.63. The van der Waals surface area contributed by atoms with Gasteiger partial charge >= 0.3 is 0 Å². The van der Waals surface area contributed by atoms with Gasteiger partial charge in [-0.2, -0.15) is 0 Å². The van der Waals surface area contributed by atoms with Gasteiger partial charge in [-0.05, 0) is 54.9 Å². The van der Waals surface area contributed by atoms with Gasteiger partial charge in [0.05, 0.1) is 0 Å². The van der Waals surface area contributed by atoms with Crippen LogP contribution in [0.25, 0.3) is 16.6 Å². The predicted molar refractivity (Wildman–Crippen MR) is 109 cm³/mol. The normalized spacial score (nSPS) is 23.4. The van der Waals surface area contributed by atoms with E-state index in [1.807, 2.05) is 23.2 Å². The largest absolute Gasteiger partial charge is 0.346 e. The average Bonchev–Trinajstić information content (AvgIpc) is 3.60. The summed E-state index contributed by atoms with van der Waals surface area (Å²) in [5.74, 6) is 1.31. The molecule has 1 atom stereocenters. The van der Waals surface area contributed by atoms with Crippen LogP contribution < -0.4 is 5.32 Å². The van der Waals surface area contributed by atoms with E-state index < -0.39 is 0 Å². The number of hydrogen-bond donors (Lipinski definition) is 2. The van der Waals surface area contributed by atoms with Gasteiger partial charge in [-0.25, -0.2) is 4.98 Å². The molecule has 0 saturated heterocycles. The van der Waals surface area contributed by atoms with E-state index in [4.69, 9.17) is 0 Å². The van der Waals surface area contributed by atoms with Gasteiger partial charge in [-0.3, -0.25) is 9.59 Å². The van der Waals surface area contributed by atoms with Crippen LogP contribution in [0.1, 0.15) is 45.1 Å². The molecule has 3 aliphatic rings. The SMILES string of the molecule is CC1CN(C(=O)C2(C)CC2)CC=C1c1cc(NC(=O)C2CC2)nc2[nH]ccc12. The van der Waals surface area contributed by atoms with Crippen molar-refractivity contribution in [3.05, 3.63) is 30.0 Å². The molecule has 2 aromatic heterocycles. The van der Waals surface area contributed by atoms with E-state index in [-0.39, 0.29) is 29.1 Å². The van der Waals surface area contributed by atoms with Gasteiger partial charge in [-0.15, -0.1) is 0 Å². The van der Waals surface area contributed by atoms with Crippen molar-refractivity contribution in [2.75, 3.05) is 18.4 Å². The molecule has 5 rings (SSSR count). The number of fused-ring (bicyclic) bond motifs is 1. The highest BCUT2D eigenvalue weighted by Crippen LogP contribution is 2.47. The van der Waals surface area contributed by atoms with E-state index in [0.29, 0.717) is 12.4 Å². The number of hydrogen-bond acceptors (Lipinski definition) is 3.